The van der Waals surface area contributed by atoms with E-state index in [1.165, 1.54) is 0 Å². The lowest BCUT2D eigenvalue weighted by molar-refractivity contribution is -0.118. The number of aromatic amines is 1. The first-order valence-corrected chi connectivity index (χ1v) is 8.16. The highest BCUT2D eigenvalue weighted by Crippen LogP contribution is 2.22. The van der Waals surface area contributed by atoms with Crippen molar-refractivity contribution in [3.63, 3.8) is 0 Å². The number of para-hydroxylation sites is 1. The van der Waals surface area contributed by atoms with Crippen LogP contribution in [0.25, 0.3) is 22.4 Å². The summed E-state index contributed by atoms with van der Waals surface area (Å²) in [4.78, 5) is 23.9. The average Bonchev–Trinajstić information content (AvgIpc) is 3.11. The molecule has 128 valence electrons. The van der Waals surface area contributed by atoms with Gasteiger partial charge in [-0.1, -0.05) is 18.2 Å². The molecule has 2 N–H and O–H groups in total. The van der Waals surface area contributed by atoms with Gasteiger partial charge in [-0.05, 0) is 42.5 Å². The van der Waals surface area contributed by atoms with E-state index in [1.54, 1.807) is 12.4 Å². The predicted molar refractivity (Wildman–Crippen MR) is 99.9 cm³/mol. The number of H-pyrrole nitrogens is 1. The predicted octanol–water partition coefficient (Wildman–Crippen LogP) is 3.64. The van der Waals surface area contributed by atoms with Gasteiger partial charge in [-0.25, -0.2) is 4.98 Å². The van der Waals surface area contributed by atoms with Crippen LogP contribution in [0.2, 0.25) is 0 Å². The van der Waals surface area contributed by atoms with Crippen molar-refractivity contribution in [1.29, 1.82) is 0 Å². The molecular weight excluding hydrogens is 328 g/mol. The number of nitrogens with one attached hydrogen (secondary N) is 2. The summed E-state index contributed by atoms with van der Waals surface area (Å²) in [7, 11) is 0. The standard InChI is InChI=1S/C20H16N4O2/c25-19(13-26-16-4-2-1-3-5-16)22-15-6-7-17-18(12-15)24-20(23-17)14-8-10-21-11-9-14/h1-12H,13H2,(H,22,25)(H,23,24). The Labute approximate surface area is 149 Å². The number of pyridine rings is 1. The number of rotatable bonds is 5. The summed E-state index contributed by atoms with van der Waals surface area (Å²) in [5, 5.41) is 2.83. The van der Waals surface area contributed by atoms with Crippen LogP contribution in [0, 0.1) is 0 Å². The lowest BCUT2D eigenvalue weighted by atomic mass is 10.2. The molecule has 0 aliphatic heterocycles. The third-order valence-electron chi connectivity index (χ3n) is 3.83. The molecule has 0 atom stereocenters. The first kappa shape index (κ1) is 15.8. The smallest absolute Gasteiger partial charge is 0.262 e. The summed E-state index contributed by atoms with van der Waals surface area (Å²) in [5.74, 6) is 1.20. The molecule has 0 bridgehead atoms. The lowest BCUT2D eigenvalue weighted by Gasteiger charge is -2.07. The van der Waals surface area contributed by atoms with Crippen molar-refractivity contribution in [2.24, 2.45) is 0 Å². The minimum Gasteiger partial charge on any atom is -0.484 e. The largest absolute Gasteiger partial charge is 0.484 e. The van der Waals surface area contributed by atoms with E-state index in [4.69, 9.17) is 4.74 Å². The van der Waals surface area contributed by atoms with Crippen molar-refractivity contribution in [3.05, 3.63) is 73.1 Å². The Balaban J connectivity index is 1.46. The third-order valence-corrected chi connectivity index (χ3v) is 3.83. The average molecular weight is 344 g/mol. The molecule has 4 rings (SSSR count). The van der Waals surface area contributed by atoms with E-state index in [1.807, 2.05) is 60.7 Å². The van der Waals surface area contributed by atoms with Crippen LogP contribution in [0.4, 0.5) is 5.69 Å². The second-order valence-electron chi connectivity index (χ2n) is 5.70. The van der Waals surface area contributed by atoms with Crippen LogP contribution in [-0.4, -0.2) is 27.5 Å². The number of hydrogen-bond acceptors (Lipinski definition) is 4. The number of ether oxygens (including phenoxy) is 1. The van der Waals surface area contributed by atoms with Gasteiger partial charge in [0.25, 0.3) is 5.91 Å². The molecular formula is C20H16N4O2. The maximum atomic E-state index is 12.1. The molecule has 0 fully saturated rings. The van der Waals surface area contributed by atoms with Crippen LogP contribution < -0.4 is 10.1 Å². The molecule has 6 nitrogen and oxygen atoms in total. The molecule has 0 radical (unpaired) electrons. The van der Waals surface area contributed by atoms with Crippen molar-refractivity contribution in [1.82, 2.24) is 15.0 Å². The fourth-order valence-electron chi connectivity index (χ4n) is 2.60. The van der Waals surface area contributed by atoms with Crippen LogP contribution in [0.15, 0.2) is 73.1 Å². The zero-order valence-corrected chi connectivity index (χ0v) is 13.8. The maximum Gasteiger partial charge on any atom is 0.262 e. The van der Waals surface area contributed by atoms with Gasteiger partial charge in [-0.2, -0.15) is 0 Å². The molecule has 0 aliphatic carbocycles. The van der Waals surface area contributed by atoms with E-state index in [0.29, 0.717) is 11.4 Å². The van der Waals surface area contributed by atoms with E-state index in [0.717, 1.165) is 22.4 Å². The number of carbonyl (C=O) groups excluding carboxylic acids is 1. The van der Waals surface area contributed by atoms with Gasteiger partial charge in [0.2, 0.25) is 0 Å². The molecule has 4 aromatic rings. The molecule has 26 heavy (non-hydrogen) atoms. The lowest BCUT2D eigenvalue weighted by Crippen LogP contribution is -2.20. The topological polar surface area (TPSA) is 79.9 Å². The number of imidazole rings is 1. The van der Waals surface area contributed by atoms with Crippen LogP contribution >= 0.6 is 0 Å². The zero-order valence-electron chi connectivity index (χ0n) is 13.8. The van der Waals surface area contributed by atoms with Crippen molar-refractivity contribution in [2.75, 3.05) is 11.9 Å². The summed E-state index contributed by atoms with van der Waals surface area (Å²) in [6.45, 7) is -0.0483. The second kappa shape index (κ2) is 7.06. The van der Waals surface area contributed by atoms with Gasteiger partial charge in [-0.15, -0.1) is 0 Å². The van der Waals surface area contributed by atoms with Crippen LogP contribution in [0.3, 0.4) is 0 Å². The molecule has 0 saturated heterocycles. The highest BCUT2D eigenvalue weighted by atomic mass is 16.5. The molecule has 0 saturated carbocycles. The highest BCUT2D eigenvalue weighted by Gasteiger charge is 2.08. The van der Waals surface area contributed by atoms with Gasteiger partial charge in [0.15, 0.2) is 6.61 Å². The van der Waals surface area contributed by atoms with Crippen molar-refractivity contribution in [2.45, 2.75) is 0 Å². The van der Waals surface area contributed by atoms with Crippen molar-refractivity contribution in [3.8, 4) is 17.1 Å². The highest BCUT2D eigenvalue weighted by molar-refractivity contribution is 5.94. The van der Waals surface area contributed by atoms with E-state index < -0.39 is 0 Å². The van der Waals surface area contributed by atoms with Crippen molar-refractivity contribution < 1.29 is 9.53 Å². The number of anilines is 1. The molecule has 2 aromatic heterocycles. The Kier molecular flexibility index (Phi) is 4.30. The fourth-order valence-corrected chi connectivity index (χ4v) is 2.60. The number of fused-ring (bicyclic) bond motifs is 1. The van der Waals surface area contributed by atoms with Crippen molar-refractivity contribution >= 4 is 22.6 Å². The molecule has 6 heteroatoms. The minimum absolute atomic E-state index is 0.0483. The molecule has 2 aromatic carbocycles. The Morgan fingerprint density at radius 3 is 2.65 bits per heavy atom. The van der Waals surface area contributed by atoms with Gasteiger partial charge >= 0.3 is 0 Å². The Bertz CT molecular complexity index is 1030. The van der Waals surface area contributed by atoms with E-state index in [9.17, 15) is 4.79 Å². The Hall–Kier alpha value is -3.67. The SMILES string of the molecule is O=C(COc1ccccc1)Nc1ccc2nc(-c3ccncc3)[nH]c2c1. The quantitative estimate of drug-likeness (QED) is 0.579. The molecule has 0 aliphatic rings. The number of nitrogens with zero attached hydrogens (tertiary/aromatic N) is 2. The zero-order chi connectivity index (χ0) is 17.8. The Morgan fingerprint density at radius 2 is 1.85 bits per heavy atom. The molecule has 0 spiro atoms. The number of hydrogen-bond donors (Lipinski definition) is 2. The Morgan fingerprint density at radius 1 is 1.04 bits per heavy atom. The number of benzene rings is 2. The number of aromatic nitrogens is 3. The first-order chi connectivity index (χ1) is 12.8. The van der Waals surface area contributed by atoms with E-state index >= 15 is 0 Å². The summed E-state index contributed by atoms with van der Waals surface area (Å²) in [6, 6.07) is 18.6. The second-order valence-corrected chi connectivity index (χ2v) is 5.70. The normalized spacial score (nSPS) is 10.6. The van der Waals surface area contributed by atoms with Crippen LogP contribution in [-0.2, 0) is 4.79 Å². The first-order valence-electron chi connectivity index (χ1n) is 8.16. The van der Waals surface area contributed by atoms with Crippen LogP contribution in [0.1, 0.15) is 0 Å². The van der Waals surface area contributed by atoms with Gasteiger partial charge in [0.05, 0.1) is 11.0 Å². The van der Waals surface area contributed by atoms with Gasteiger partial charge < -0.3 is 15.0 Å². The minimum atomic E-state index is -0.220. The van der Waals surface area contributed by atoms with Gasteiger partial charge in [0.1, 0.15) is 11.6 Å². The maximum absolute atomic E-state index is 12.1. The van der Waals surface area contributed by atoms with Crippen LogP contribution in [0.5, 0.6) is 5.75 Å². The van der Waals surface area contributed by atoms with Gasteiger partial charge in [0, 0.05) is 23.6 Å². The summed E-state index contributed by atoms with van der Waals surface area (Å²) in [6.07, 6.45) is 3.45. The summed E-state index contributed by atoms with van der Waals surface area (Å²) >= 11 is 0. The molecule has 1 amide bonds. The third kappa shape index (κ3) is 3.54. The summed E-state index contributed by atoms with van der Waals surface area (Å²) in [5.41, 5.74) is 3.32. The van der Waals surface area contributed by atoms with E-state index in [-0.39, 0.29) is 12.5 Å². The number of amides is 1. The fraction of sp³-hybridized carbons (Fsp3) is 0.0500. The number of carbonyl (C=O) groups is 1. The van der Waals surface area contributed by atoms with E-state index in [2.05, 4.69) is 20.3 Å². The monoisotopic (exact) mass is 344 g/mol. The summed E-state index contributed by atoms with van der Waals surface area (Å²) < 4.78 is 5.45. The molecule has 0 unspecified atom stereocenters. The molecule has 2 heterocycles. The van der Waals surface area contributed by atoms with Gasteiger partial charge in [-0.3, -0.25) is 9.78 Å².